The first-order valence-corrected chi connectivity index (χ1v) is 5.19. The molecule has 78 valence electrons. The van der Waals surface area contributed by atoms with Crippen molar-refractivity contribution < 1.29 is 9.53 Å². The molecule has 0 N–H and O–H groups in total. The standard InChI is InChI=1S/C11H22O2/c1-6-9(7-2)13-10(12)11(4,5)8-3/h9H,6-8H2,1-5H3. The van der Waals surface area contributed by atoms with E-state index in [1.807, 2.05) is 34.6 Å². The van der Waals surface area contributed by atoms with Crippen LogP contribution in [0.25, 0.3) is 0 Å². The number of ether oxygens (including phenoxy) is 1. The molecule has 0 unspecified atom stereocenters. The summed E-state index contributed by atoms with van der Waals surface area (Å²) < 4.78 is 5.37. The van der Waals surface area contributed by atoms with Gasteiger partial charge in [-0.25, -0.2) is 0 Å². The minimum absolute atomic E-state index is 0.0660. The zero-order chi connectivity index (χ0) is 10.5. The Morgan fingerprint density at radius 2 is 1.69 bits per heavy atom. The van der Waals surface area contributed by atoms with Gasteiger partial charge in [0.15, 0.2) is 0 Å². The minimum atomic E-state index is -0.331. The molecule has 0 aromatic rings. The summed E-state index contributed by atoms with van der Waals surface area (Å²) in [6.07, 6.45) is 2.73. The second-order valence-corrected chi connectivity index (χ2v) is 4.08. The molecule has 0 heterocycles. The Morgan fingerprint density at radius 3 is 2.00 bits per heavy atom. The topological polar surface area (TPSA) is 26.3 Å². The number of carbonyl (C=O) groups excluding carboxylic acids is 1. The van der Waals surface area contributed by atoms with Crippen LogP contribution in [0.4, 0.5) is 0 Å². The van der Waals surface area contributed by atoms with Gasteiger partial charge in [-0.2, -0.15) is 0 Å². The lowest BCUT2D eigenvalue weighted by Gasteiger charge is -2.24. The van der Waals surface area contributed by atoms with Gasteiger partial charge in [0.25, 0.3) is 0 Å². The molecule has 0 saturated carbocycles. The van der Waals surface area contributed by atoms with Gasteiger partial charge in [-0.15, -0.1) is 0 Å². The van der Waals surface area contributed by atoms with E-state index in [1.165, 1.54) is 0 Å². The highest BCUT2D eigenvalue weighted by Gasteiger charge is 2.28. The third-order valence-electron chi connectivity index (χ3n) is 2.62. The number of rotatable bonds is 5. The first-order chi connectivity index (χ1) is 5.97. The maximum absolute atomic E-state index is 11.6. The van der Waals surface area contributed by atoms with Crippen LogP contribution < -0.4 is 0 Å². The summed E-state index contributed by atoms with van der Waals surface area (Å²) in [4.78, 5) is 11.6. The molecule has 0 atom stereocenters. The Morgan fingerprint density at radius 1 is 1.23 bits per heavy atom. The molecule has 2 nitrogen and oxygen atoms in total. The number of hydrogen-bond acceptors (Lipinski definition) is 2. The van der Waals surface area contributed by atoms with Crippen LogP contribution in [0, 0.1) is 5.41 Å². The van der Waals surface area contributed by atoms with Crippen LogP contribution in [0.1, 0.15) is 53.9 Å². The Balaban J connectivity index is 4.13. The summed E-state index contributed by atoms with van der Waals surface area (Å²) in [7, 11) is 0. The molecule has 0 aromatic heterocycles. The lowest BCUT2D eigenvalue weighted by molar-refractivity contribution is -0.160. The maximum Gasteiger partial charge on any atom is 0.311 e. The lowest BCUT2D eigenvalue weighted by Crippen LogP contribution is -2.29. The fourth-order valence-corrected chi connectivity index (χ4v) is 0.911. The highest BCUT2D eigenvalue weighted by Crippen LogP contribution is 2.23. The van der Waals surface area contributed by atoms with E-state index in [1.54, 1.807) is 0 Å². The monoisotopic (exact) mass is 186 g/mol. The zero-order valence-corrected chi connectivity index (χ0v) is 9.52. The first kappa shape index (κ1) is 12.5. The molecule has 2 heteroatoms. The van der Waals surface area contributed by atoms with Crippen LogP contribution in [-0.2, 0) is 9.53 Å². The number of carbonyl (C=O) groups is 1. The van der Waals surface area contributed by atoms with Crippen molar-refractivity contribution in [3.8, 4) is 0 Å². The molecular formula is C11H22O2. The molecule has 0 saturated heterocycles. The predicted molar refractivity (Wildman–Crippen MR) is 54.5 cm³/mol. The predicted octanol–water partition coefficient (Wildman–Crippen LogP) is 3.15. The molecule has 0 aliphatic rings. The average molecular weight is 186 g/mol. The molecule has 0 bridgehead atoms. The van der Waals surface area contributed by atoms with Crippen molar-refractivity contribution in [1.82, 2.24) is 0 Å². The van der Waals surface area contributed by atoms with Crippen molar-refractivity contribution in [3.05, 3.63) is 0 Å². The second-order valence-electron chi connectivity index (χ2n) is 4.08. The van der Waals surface area contributed by atoms with Crippen molar-refractivity contribution in [2.45, 2.75) is 60.0 Å². The Hall–Kier alpha value is -0.530. The van der Waals surface area contributed by atoms with E-state index in [4.69, 9.17) is 4.74 Å². The van der Waals surface area contributed by atoms with Crippen LogP contribution in [0.2, 0.25) is 0 Å². The van der Waals surface area contributed by atoms with Crippen molar-refractivity contribution in [1.29, 1.82) is 0 Å². The van der Waals surface area contributed by atoms with Gasteiger partial charge in [0.05, 0.1) is 5.41 Å². The van der Waals surface area contributed by atoms with Crippen molar-refractivity contribution in [2.75, 3.05) is 0 Å². The van der Waals surface area contributed by atoms with Gasteiger partial charge in [0.2, 0.25) is 0 Å². The van der Waals surface area contributed by atoms with Gasteiger partial charge < -0.3 is 4.74 Å². The summed E-state index contributed by atoms with van der Waals surface area (Å²) >= 11 is 0. The molecule has 0 aliphatic carbocycles. The quantitative estimate of drug-likeness (QED) is 0.616. The van der Waals surface area contributed by atoms with Crippen molar-refractivity contribution in [3.63, 3.8) is 0 Å². The Kier molecular flexibility index (Phi) is 5.04. The molecule has 0 fully saturated rings. The average Bonchev–Trinajstić information content (AvgIpc) is 2.13. The largest absolute Gasteiger partial charge is 0.462 e. The van der Waals surface area contributed by atoms with Gasteiger partial charge in [-0.05, 0) is 33.1 Å². The van der Waals surface area contributed by atoms with Gasteiger partial charge >= 0.3 is 5.97 Å². The van der Waals surface area contributed by atoms with Crippen LogP contribution in [0.15, 0.2) is 0 Å². The molecule has 0 rings (SSSR count). The molecule has 0 radical (unpaired) electrons. The summed E-state index contributed by atoms with van der Waals surface area (Å²) in [6, 6.07) is 0. The molecule has 0 aliphatic heterocycles. The van der Waals surface area contributed by atoms with E-state index in [-0.39, 0.29) is 17.5 Å². The van der Waals surface area contributed by atoms with Crippen LogP contribution in [0.5, 0.6) is 0 Å². The zero-order valence-electron chi connectivity index (χ0n) is 9.52. The van der Waals surface area contributed by atoms with E-state index in [2.05, 4.69) is 0 Å². The van der Waals surface area contributed by atoms with E-state index < -0.39 is 0 Å². The Bertz CT molecular complexity index is 157. The van der Waals surface area contributed by atoms with E-state index in [0.29, 0.717) is 0 Å². The summed E-state index contributed by atoms with van der Waals surface area (Å²) in [5, 5.41) is 0. The van der Waals surface area contributed by atoms with Gasteiger partial charge in [-0.3, -0.25) is 4.79 Å². The van der Waals surface area contributed by atoms with Crippen molar-refractivity contribution >= 4 is 5.97 Å². The van der Waals surface area contributed by atoms with Gasteiger partial charge in [0, 0.05) is 0 Å². The van der Waals surface area contributed by atoms with E-state index in [9.17, 15) is 4.79 Å². The minimum Gasteiger partial charge on any atom is -0.462 e. The summed E-state index contributed by atoms with van der Waals surface area (Å²) in [6.45, 7) is 9.95. The normalized spacial score (nSPS) is 11.8. The highest BCUT2D eigenvalue weighted by atomic mass is 16.5. The second kappa shape index (κ2) is 5.25. The SMILES string of the molecule is CCC(CC)OC(=O)C(C)(C)CC. The van der Waals surface area contributed by atoms with Crippen LogP contribution in [-0.4, -0.2) is 12.1 Å². The molecule has 0 spiro atoms. The van der Waals surface area contributed by atoms with Crippen molar-refractivity contribution in [2.24, 2.45) is 5.41 Å². The third kappa shape index (κ3) is 3.79. The van der Waals surface area contributed by atoms with Crippen LogP contribution >= 0.6 is 0 Å². The number of hydrogen-bond donors (Lipinski definition) is 0. The lowest BCUT2D eigenvalue weighted by atomic mass is 9.90. The fourth-order valence-electron chi connectivity index (χ4n) is 0.911. The van der Waals surface area contributed by atoms with Gasteiger partial charge in [-0.1, -0.05) is 20.8 Å². The smallest absolute Gasteiger partial charge is 0.311 e. The maximum atomic E-state index is 11.6. The molecule has 13 heavy (non-hydrogen) atoms. The molecular weight excluding hydrogens is 164 g/mol. The number of esters is 1. The third-order valence-corrected chi connectivity index (χ3v) is 2.62. The molecule has 0 amide bonds. The summed E-state index contributed by atoms with van der Waals surface area (Å²) in [5.74, 6) is -0.0660. The Labute approximate surface area is 81.7 Å². The van der Waals surface area contributed by atoms with E-state index >= 15 is 0 Å². The highest BCUT2D eigenvalue weighted by molar-refractivity contribution is 5.75. The van der Waals surface area contributed by atoms with Gasteiger partial charge in [0.1, 0.15) is 6.10 Å². The van der Waals surface area contributed by atoms with E-state index in [0.717, 1.165) is 19.3 Å². The first-order valence-electron chi connectivity index (χ1n) is 5.19. The fraction of sp³-hybridized carbons (Fsp3) is 0.909. The molecule has 0 aromatic carbocycles. The summed E-state index contributed by atoms with van der Waals surface area (Å²) in [5.41, 5.74) is -0.331. The van der Waals surface area contributed by atoms with Crippen LogP contribution in [0.3, 0.4) is 0 Å².